The zero-order valence-corrected chi connectivity index (χ0v) is 13.7. The third-order valence-corrected chi connectivity index (χ3v) is 5.85. The second-order valence-electron chi connectivity index (χ2n) is 6.34. The van der Waals surface area contributed by atoms with E-state index in [4.69, 9.17) is 5.73 Å². The van der Waals surface area contributed by atoms with Crippen LogP contribution in [0.1, 0.15) is 40.0 Å². The summed E-state index contributed by atoms with van der Waals surface area (Å²) in [5.41, 5.74) is 5.87. The van der Waals surface area contributed by atoms with Gasteiger partial charge in [-0.3, -0.25) is 4.79 Å². The molecule has 0 aromatic rings. The van der Waals surface area contributed by atoms with Crippen LogP contribution in [-0.4, -0.2) is 49.9 Å². The van der Waals surface area contributed by atoms with Gasteiger partial charge in [0.25, 0.3) is 0 Å². The molecule has 1 heterocycles. The molecule has 118 valence electrons. The van der Waals surface area contributed by atoms with E-state index in [1.54, 1.807) is 4.90 Å². The van der Waals surface area contributed by atoms with E-state index in [9.17, 15) is 13.2 Å². The van der Waals surface area contributed by atoms with Gasteiger partial charge in [0.2, 0.25) is 5.91 Å². The Morgan fingerprint density at radius 3 is 2.25 bits per heavy atom. The molecule has 2 N–H and O–H groups in total. The second-order valence-corrected chi connectivity index (χ2v) is 8.56. The maximum atomic E-state index is 12.0. The fraction of sp³-hybridized carbons (Fsp3) is 0.929. The first-order valence-electron chi connectivity index (χ1n) is 7.45. The Hall–Kier alpha value is -0.620. The standard InChI is InChI=1S/C14H28N2O3S/c1-11(2)10-20(18,19)9-6-14(17)16-7-4-13(5-8-16)12(3)15/h11-13H,4-10,15H2,1-3H3. The number of nitrogens with zero attached hydrogens (tertiary/aromatic N) is 1. The van der Waals surface area contributed by atoms with Gasteiger partial charge >= 0.3 is 0 Å². The summed E-state index contributed by atoms with van der Waals surface area (Å²) in [5.74, 6) is 0.672. The summed E-state index contributed by atoms with van der Waals surface area (Å²) in [6.07, 6.45) is 1.95. The van der Waals surface area contributed by atoms with Gasteiger partial charge in [-0.2, -0.15) is 0 Å². The number of carbonyl (C=O) groups excluding carboxylic acids is 1. The molecule has 5 nitrogen and oxygen atoms in total. The van der Waals surface area contributed by atoms with E-state index in [0.717, 1.165) is 12.8 Å². The number of nitrogens with two attached hydrogens (primary N) is 1. The number of piperidine rings is 1. The van der Waals surface area contributed by atoms with Gasteiger partial charge in [0.15, 0.2) is 9.84 Å². The van der Waals surface area contributed by atoms with Crippen LogP contribution in [0.3, 0.4) is 0 Å². The van der Waals surface area contributed by atoms with Crippen molar-refractivity contribution in [3.05, 3.63) is 0 Å². The normalized spacial score (nSPS) is 19.4. The Balaban J connectivity index is 2.38. The molecule has 20 heavy (non-hydrogen) atoms. The van der Waals surface area contributed by atoms with Crippen LogP contribution in [0.25, 0.3) is 0 Å². The maximum Gasteiger partial charge on any atom is 0.223 e. The molecule has 1 fully saturated rings. The molecular weight excluding hydrogens is 276 g/mol. The zero-order valence-electron chi connectivity index (χ0n) is 12.8. The molecule has 0 aromatic carbocycles. The first-order chi connectivity index (χ1) is 9.21. The van der Waals surface area contributed by atoms with E-state index in [1.165, 1.54) is 0 Å². The number of rotatable bonds is 6. The molecule has 6 heteroatoms. The van der Waals surface area contributed by atoms with Crippen molar-refractivity contribution in [1.29, 1.82) is 0 Å². The van der Waals surface area contributed by atoms with Crippen LogP contribution in [0.4, 0.5) is 0 Å². The lowest BCUT2D eigenvalue weighted by Crippen LogP contribution is -2.43. The van der Waals surface area contributed by atoms with E-state index in [0.29, 0.717) is 19.0 Å². The summed E-state index contributed by atoms with van der Waals surface area (Å²) < 4.78 is 23.6. The molecule has 1 rings (SSSR count). The van der Waals surface area contributed by atoms with Crippen LogP contribution in [0.15, 0.2) is 0 Å². The molecule has 1 aliphatic rings. The van der Waals surface area contributed by atoms with Gasteiger partial charge in [-0.15, -0.1) is 0 Å². The number of likely N-dealkylation sites (tertiary alicyclic amines) is 1. The number of amides is 1. The van der Waals surface area contributed by atoms with E-state index in [1.807, 2.05) is 20.8 Å². The fourth-order valence-corrected chi connectivity index (χ4v) is 4.33. The third kappa shape index (κ3) is 5.79. The summed E-state index contributed by atoms with van der Waals surface area (Å²) in [7, 11) is -3.11. The molecule has 0 aliphatic carbocycles. The van der Waals surface area contributed by atoms with Gasteiger partial charge in [0.1, 0.15) is 0 Å². The largest absolute Gasteiger partial charge is 0.343 e. The van der Waals surface area contributed by atoms with E-state index in [2.05, 4.69) is 0 Å². The topological polar surface area (TPSA) is 80.5 Å². The van der Waals surface area contributed by atoms with Crippen LogP contribution in [0.5, 0.6) is 0 Å². The number of carbonyl (C=O) groups is 1. The van der Waals surface area contributed by atoms with Crippen molar-refractivity contribution in [3.8, 4) is 0 Å². The minimum Gasteiger partial charge on any atom is -0.343 e. The van der Waals surface area contributed by atoms with Gasteiger partial charge in [-0.05, 0) is 31.6 Å². The smallest absolute Gasteiger partial charge is 0.223 e. The van der Waals surface area contributed by atoms with Gasteiger partial charge in [-0.1, -0.05) is 13.8 Å². The van der Waals surface area contributed by atoms with Crippen molar-refractivity contribution in [1.82, 2.24) is 4.90 Å². The summed E-state index contributed by atoms with van der Waals surface area (Å²) in [5, 5.41) is 0. The van der Waals surface area contributed by atoms with Crippen molar-refractivity contribution in [2.45, 2.75) is 46.1 Å². The quantitative estimate of drug-likeness (QED) is 0.795. The molecule has 0 radical (unpaired) electrons. The molecule has 0 spiro atoms. The molecule has 0 aromatic heterocycles. The van der Waals surface area contributed by atoms with Gasteiger partial charge in [-0.25, -0.2) is 8.42 Å². The SMILES string of the molecule is CC(C)CS(=O)(=O)CCC(=O)N1CCC(C(C)N)CC1. The maximum absolute atomic E-state index is 12.0. The Morgan fingerprint density at radius 1 is 1.25 bits per heavy atom. The molecule has 0 saturated carbocycles. The minimum absolute atomic E-state index is 0.0305. The highest BCUT2D eigenvalue weighted by Crippen LogP contribution is 2.20. The van der Waals surface area contributed by atoms with Crippen molar-refractivity contribution in [2.75, 3.05) is 24.6 Å². The molecule has 1 saturated heterocycles. The van der Waals surface area contributed by atoms with Gasteiger partial charge in [0.05, 0.1) is 11.5 Å². The highest BCUT2D eigenvalue weighted by atomic mass is 32.2. The third-order valence-electron chi connectivity index (χ3n) is 3.85. The van der Waals surface area contributed by atoms with E-state index < -0.39 is 9.84 Å². The van der Waals surface area contributed by atoms with E-state index in [-0.39, 0.29) is 35.8 Å². The number of sulfone groups is 1. The minimum atomic E-state index is -3.11. The molecule has 1 atom stereocenters. The summed E-state index contributed by atoms with van der Waals surface area (Å²) in [6.45, 7) is 7.15. The van der Waals surface area contributed by atoms with E-state index >= 15 is 0 Å². The first-order valence-corrected chi connectivity index (χ1v) is 9.27. The van der Waals surface area contributed by atoms with Crippen LogP contribution < -0.4 is 5.73 Å². The fourth-order valence-electron chi connectivity index (χ4n) is 2.67. The van der Waals surface area contributed by atoms with Crippen LogP contribution in [0, 0.1) is 11.8 Å². The Bertz CT molecular complexity index is 410. The Labute approximate surface area is 122 Å². The molecule has 1 aliphatic heterocycles. The second kappa shape index (κ2) is 7.41. The molecular formula is C14H28N2O3S. The molecule has 1 amide bonds. The van der Waals surface area contributed by atoms with Crippen LogP contribution >= 0.6 is 0 Å². The lowest BCUT2D eigenvalue weighted by atomic mass is 9.91. The van der Waals surface area contributed by atoms with Crippen LogP contribution in [0.2, 0.25) is 0 Å². The number of hydrogen-bond acceptors (Lipinski definition) is 4. The highest BCUT2D eigenvalue weighted by Gasteiger charge is 2.25. The van der Waals surface area contributed by atoms with Gasteiger partial charge in [0, 0.05) is 25.6 Å². The number of hydrogen-bond donors (Lipinski definition) is 1. The molecule has 1 unspecified atom stereocenters. The zero-order chi connectivity index (χ0) is 15.3. The van der Waals surface area contributed by atoms with Crippen molar-refractivity contribution in [3.63, 3.8) is 0 Å². The Kier molecular flexibility index (Phi) is 6.45. The van der Waals surface area contributed by atoms with Crippen molar-refractivity contribution >= 4 is 15.7 Å². The highest BCUT2D eigenvalue weighted by molar-refractivity contribution is 7.91. The van der Waals surface area contributed by atoms with Crippen molar-refractivity contribution < 1.29 is 13.2 Å². The average Bonchev–Trinajstić information content (AvgIpc) is 2.34. The van der Waals surface area contributed by atoms with Crippen LogP contribution in [-0.2, 0) is 14.6 Å². The first kappa shape index (κ1) is 17.4. The average molecular weight is 304 g/mol. The predicted molar refractivity (Wildman–Crippen MR) is 81.1 cm³/mol. The predicted octanol–water partition coefficient (Wildman–Crippen LogP) is 1.03. The summed E-state index contributed by atoms with van der Waals surface area (Å²) in [4.78, 5) is 13.8. The summed E-state index contributed by atoms with van der Waals surface area (Å²) >= 11 is 0. The monoisotopic (exact) mass is 304 g/mol. The molecule has 0 bridgehead atoms. The Morgan fingerprint density at radius 2 is 1.80 bits per heavy atom. The lowest BCUT2D eigenvalue weighted by molar-refractivity contribution is -0.132. The van der Waals surface area contributed by atoms with Crippen molar-refractivity contribution in [2.24, 2.45) is 17.6 Å². The lowest BCUT2D eigenvalue weighted by Gasteiger charge is -2.33. The summed E-state index contributed by atoms with van der Waals surface area (Å²) in [6, 6.07) is 0.165. The van der Waals surface area contributed by atoms with Gasteiger partial charge < -0.3 is 10.6 Å².